The minimum Gasteiger partial charge on any atom is -0.469 e. The Morgan fingerprint density at radius 2 is 1.80 bits per heavy atom. The molecule has 7 nitrogen and oxygen atoms in total. The van der Waals surface area contributed by atoms with Crippen molar-refractivity contribution in [2.24, 2.45) is 0 Å². The molecule has 0 spiro atoms. The number of hydrogen-bond acceptors (Lipinski definition) is 5. The van der Waals surface area contributed by atoms with Gasteiger partial charge in [-0.3, -0.25) is 9.69 Å². The average Bonchev–Trinajstić information content (AvgIpc) is 2.57. The molecule has 0 unspecified atom stereocenters. The molecule has 0 aliphatic carbocycles. The predicted octanol–water partition coefficient (Wildman–Crippen LogP) is 1.24. The monoisotopic (exact) mass is 369 g/mol. The van der Waals surface area contributed by atoms with Crippen LogP contribution in [0.3, 0.4) is 0 Å². The van der Waals surface area contributed by atoms with Gasteiger partial charge in [-0.1, -0.05) is 0 Å². The minimum absolute atomic E-state index is 0.0698. The third-order valence-corrected chi connectivity index (χ3v) is 3.75. The molecule has 1 rings (SSSR count). The molecule has 1 heterocycles. The van der Waals surface area contributed by atoms with E-state index in [-0.39, 0.29) is 25.0 Å². The first kappa shape index (κ1) is 21.5. The Hall–Kier alpha value is -1.55. The number of urea groups is 1. The van der Waals surface area contributed by atoms with E-state index in [1.165, 1.54) is 7.11 Å². The summed E-state index contributed by atoms with van der Waals surface area (Å²) in [6.07, 6.45) is -2.97. The van der Waals surface area contributed by atoms with Crippen molar-refractivity contribution in [3.8, 4) is 0 Å². The Morgan fingerprint density at radius 3 is 2.40 bits per heavy atom. The van der Waals surface area contributed by atoms with Gasteiger partial charge in [-0.25, -0.2) is 4.79 Å². The third-order valence-electron chi connectivity index (χ3n) is 3.75. The zero-order chi connectivity index (χ0) is 18.7. The first-order valence-electron chi connectivity index (χ1n) is 8.28. The van der Waals surface area contributed by atoms with Crippen molar-refractivity contribution in [1.82, 2.24) is 15.1 Å². The molecule has 0 radical (unpaired) electrons. The summed E-state index contributed by atoms with van der Waals surface area (Å²) in [4.78, 5) is 26.7. The number of alkyl halides is 3. The van der Waals surface area contributed by atoms with Gasteiger partial charge in [-0.2, -0.15) is 13.2 Å². The van der Waals surface area contributed by atoms with Gasteiger partial charge in [0.2, 0.25) is 0 Å². The van der Waals surface area contributed by atoms with Gasteiger partial charge in [0.1, 0.15) is 6.61 Å². The molecule has 2 amide bonds. The maximum absolute atomic E-state index is 12.0. The lowest BCUT2D eigenvalue weighted by atomic mass is 10.3. The van der Waals surface area contributed by atoms with Gasteiger partial charge in [-0.05, 0) is 12.8 Å². The summed E-state index contributed by atoms with van der Waals surface area (Å²) in [5, 5.41) is 2.75. The third kappa shape index (κ3) is 10.1. The van der Waals surface area contributed by atoms with Crippen LogP contribution in [0, 0.1) is 0 Å². The Morgan fingerprint density at radius 1 is 1.12 bits per heavy atom. The fraction of sp³-hybridized carbons (Fsp3) is 0.867. The smallest absolute Gasteiger partial charge is 0.411 e. The first-order chi connectivity index (χ1) is 11.8. The highest BCUT2D eigenvalue weighted by Gasteiger charge is 2.27. The maximum Gasteiger partial charge on any atom is 0.411 e. The molecule has 0 aromatic heterocycles. The minimum atomic E-state index is -4.28. The topological polar surface area (TPSA) is 71.1 Å². The van der Waals surface area contributed by atoms with Crippen LogP contribution in [0.25, 0.3) is 0 Å². The van der Waals surface area contributed by atoms with Gasteiger partial charge in [-0.15, -0.1) is 0 Å². The summed E-state index contributed by atoms with van der Waals surface area (Å²) in [7, 11) is 1.32. The van der Waals surface area contributed by atoms with Crippen LogP contribution in [-0.2, 0) is 14.3 Å². The fourth-order valence-corrected chi connectivity index (χ4v) is 2.39. The maximum atomic E-state index is 12.0. The Labute approximate surface area is 145 Å². The van der Waals surface area contributed by atoms with E-state index in [0.717, 1.165) is 0 Å². The van der Waals surface area contributed by atoms with E-state index in [4.69, 9.17) is 0 Å². The van der Waals surface area contributed by atoms with E-state index in [9.17, 15) is 22.8 Å². The van der Waals surface area contributed by atoms with Crippen LogP contribution in [-0.4, -0.2) is 87.6 Å². The number of rotatable bonds is 9. The fourth-order valence-electron chi connectivity index (χ4n) is 2.39. The molecule has 1 saturated heterocycles. The van der Waals surface area contributed by atoms with Crippen LogP contribution in [0.4, 0.5) is 18.0 Å². The second kappa shape index (κ2) is 11.1. The van der Waals surface area contributed by atoms with Crippen LogP contribution in [0.5, 0.6) is 0 Å². The number of nitrogens with one attached hydrogen (secondary N) is 1. The van der Waals surface area contributed by atoms with E-state index in [2.05, 4.69) is 19.7 Å². The Balaban J connectivity index is 2.06. The van der Waals surface area contributed by atoms with E-state index in [0.29, 0.717) is 52.1 Å². The number of esters is 1. The highest BCUT2D eigenvalue weighted by atomic mass is 19.4. The number of carbonyl (C=O) groups excluding carboxylic acids is 2. The lowest BCUT2D eigenvalue weighted by molar-refractivity contribution is -0.174. The largest absolute Gasteiger partial charge is 0.469 e. The number of ether oxygens (including phenoxy) is 2. The Bertz CT molecular complexity index is 413. The van der Waals surface area contributed by atoms with Crippen LogP contribution in [0.1, 0.15) is 19.3 Å². The lowest BCUT2D eigenvalue weighted by Crippen LogP contribution is -2.52. The molecule has 146 valence electrons. The normalized spacial score (nSPS) is 15.9. The van der Waals surface area contributed by atoms with Crippen LogP contribution in [0.2, 0.25) is 0 Å². The van der Waals surface area contributed by atoms with E-state index < -0.39 is 12.8 Å². The molecular weight excluding hydrogens is 343 g/mol. The van der Waals surface area contributed by atoms with E-state index in [1.54, 1.807) is 4.90 Å². The Kier molecular flexibility index (Phi) is 9.58. The molecule has 25 heavy (non-hydrogen) atoms. The van der Waals surface area contributed by atoms with Crippen molar-refractivity contribution >= 4 is 12.0 Å². The number of nitrogens with zero attached hydrogens (tertiary/aromatic N) is 2. The summed E-state index contributed by atoms with van der Waals surface area (Å²) in [6, 6.07) is -0.168. The number of piperazine rings is 1. The van der Waals surface area contributed by atoms with Crippen molar-refractivity contribution in [2.75, 3.05) is 59.6 Å². The molecule has 10 heteroatoms. The van der Waals surface area contributed by atoms with Crippen molar-refractivity contribution in [3.05, 3.63) is 0 Å². The number of halogens is 3. The molecule has 0 aromatic rings. The van der Waals surface area contributed by atoms with E-state index in [1.807, 2.05) is 0 Å². The SMILES string of the molecule is COC(=O)CCCNC(=O)N1CCN(CCCOCC(F)(F)F)CC1. The van der Waals surface area contributed by atoms with Crippen molar-refractivity contribution < 1.29 is 32.2 Å². The molecule has 1 N–H and O–H groups in total. The van der Waals surface area contributed by atoms with Gasteiger partial charge in [0.05, 0.1) is 7.11 Å². The van der Waals surface area contributed by atoms with Crippen LogP contribution in [0.15, 0.2) is 0 Å². The van der Waals surface area contributed by atoms with Crippen molar-refractivity contribution in [2.45, 2.75) is 25.4 Å². The van der Waals surface area contributed by atoms with Gasteiger partial charge < -0.3 is 19.7 Å². The molecule has 0 atom stereocenters. The zero-order valence-electron chi connectivity index (χ0n) is 14.4. The molecule has 0 aromatic carbocycles. The average molecular weight is 369 g/mol. The first-order valence-corrected chi connectivity index (χ1v) is 8.28. The zero-order valence-corrected chi connectivity index (χ0v) is 14.4. The summed E-state index contributed by atoms with van der Waals surface area (Å²) >= 11 is 0. The van der Waals surface area contributed by atoms with Crippen LogP contribution >= 0.6 is 0 Å². The van der Waals surface area contributed by atoms with Gasteiger partial charge in [0, 0.05) is 52.3 Å². The van der Waals surface area contributed by atoms with Crippen LogP contribution < -0.4 is 5.32 Å². The van der Waals surface area contributed by atoms with Gasteiger partial charge in [0.15, 0.2) is 0 Å². The lowest BCUT2D eigenvalue weighted by Gasteiger charge is -2.34. The molecule has 1 aliphatic heterocycles. The second-order valence-corrected chi connectivity index (χ2v) is 5.76. The highest BCUT2D eigenvalue weighted by molar-refractivity contribution is 5.74. The number of methoxy groups -OCH3 is 1. The summed E-state index contributed by atoms with van der Waals surface area (Å²) in [6.45, 7) is 2.39. The number of hydrogen-bond donors (Lipinski definition) is 1. The van der Waals surface area contributed by atoms with E-state index >= 15 is 0 Å². The molecule has 0 bridgehead atoms. The predicted molar refractivity (Wildman–Crippen MR) is 84.2 cm³/mol. The molecule has 0 saturated carbocycles. The van der Waals surface area contributed by atoms with Crippen molar-refractivity contribution in [3.63, 3.8) is 0 Å². The molecule has 1 aliphatic rings. The van der Waals surface area contributed by atoms with Gasteiger partial charge >= 0.3 is 18.2 Å². The number of amides is 2. The van der Waals surface area contributed by atoms with Crippen molar-refractivity contribution in [1.29, 1.82) is 0 Å². The van der Waals surface area contributed by atoms with Gasteiger partial charge in [0.25, 0.3) is 0 Å². The summed E-state index contributed by atoms with van der Waals surface area (Å²) in [5.41, 5.74) is 0. The molecular formula is C15H26F3N3O4. The number of carbonyl (C=O) groups is 2. The quantitative estimate of drug-likeness (QED) is 0.489. The molecule has 1 fully saturated rings. The highest BCUT2D eigenvalue weighted by Crippen LogP contribution is 2.14. The summed E-state index contributed by atoms with van der Waals surface area (Å²) in [5.74, 6) is -0.304. The standard InChI is InChI=1S/C15H26F3N3O4/c1-24-13(22)4-2-5-19-14(23)21-9-7-20(8-10-21)6-3-11-25-12-15(16,17)18/h2-12H2,1H3,(H,19,23). The summed E-state index contributed by atoms with van der Waals surface area (Å²) < 4.78 is 44.9. The second-order valence-electron chi connectivity index (χ2n) is 5.76.